The zero-order chi connectivity index (χ0) is 13.9. The zero-order valence-electron chi connectivity index (χ0n) is 10.2. The van der Waals surface area contributed by atoms with Gasteiger partial charge in [0.1, 0.15) is 11.4 Å². The number of nitrogens with one attached hydrogen (secondary N) is 1. The Bertz CT molecular complexity index is 394. The molecule has 0 aromatic rings. The average Bonchev–Trinajstić information content (AvgIpc) is 1.95. The highest BCUT2D eigenvalue weighted by atomic mass is 32.2. The van der Waals surface area contributed by atoms with Gasteiger partial charge in [0, 0.05) is 0 Å². The molecule has 7 nitrogen and oxygen atoms in total. The van der Waals surface area contributed by atoms with Crippen molar-refractivity contribution in [2.24, 2.45) is 0 Å². The molecule has 0 aliphatic rings. The van der Waals surface area contributed by atoms with E-state index in [1.165, 1.54) is 6.92 Å². The summed E-state index contributed by atoms with van der Waals surface area (Å²) in [4.78, 5) is 22.5. The fourth-order valence-corrected chi connectivity index (χ4v) is 1.48. The van der Waals surface area contributed by atoms with Crippen LogP contribution in [0.1, 0.15) is 27.7 Å². The number of ketones is 1. The maximum absolute atomic E-state index is 11.3. The normalized spacial score (nSPS) is 13.9. The van der Waals surface area contributed by atoms with E-state index in [-0.39, 0.29) is 0 Å². The summed E-state index contributed by atoms with van der Waals surface area (Å²) in [5.74, 6) is -1.86. The second-order valence-electron chi connectivity index (χ2n) is 4.56. The molecule has 0 radical (unpaired) electrons. The Kier molecular flexibility index (Phi) is 5.09. The van der Waals surface area contributed by atoms with Crippen LogP contribution in [0.15, 0.2) is 0 Å². The molecule has 0 heterocycles. The molecular weight excluding hydrogens is 250 g/mol. The molecule has 0 unspecified atom stereocenters. The van der Waals surface area contributed by atoms with Crippen LogP contribution in [0.5, 0.6) is 0 Å². The van der Waals surface area contributed by atoms with Gasteiger partial charge in [-0.3, -0.25) is 9.35 Å². The standard InChI is InChI=1S/C9H17NO6S/c1-6(7(11)5-17(13,14)15)10-8(12)16-9(2,3)4/h6H,5H2,1-4H3,(H,10,12)(H,13,14,15)/t6-/m0/s1. The van der Waals surface area contributed by atoms with Gasteiger partial charge in [0.05, 0.1) is 6.04 Å². The smallest absolute Gasteiger partial charge is 0.408 e. The van der Waals surface area contributed by atoms with E-state index in [2.05, 4.69) is 5.32 Å². The monoisotopic (exact) mass is 267 g/mol. The first-order chi connectivity index (χ1) is 7.41. The van der Waals surface area contributed by atoms with Crippen LogP contribution in [-0.4, -0.2) is 42.2 Å². The Labute approximate surface area is 100 Å². The van der Waals surface area contributed by atoms with E-state index in [9.17, 15) is 18.0 Å². The van der Waals surface area contributed by atoms with Crippen LogP contribution in [0, 0.1) is 0 Å². The summed E-state index contributed by atoms with van der Waals surface area (Å²) in [6, 6.07) is -1.05. The second-order valence-corrected chi connectivity index (χ2v) is 6.01. The summed E-state index contributed by atoms with van der Waals surface area (Å²) >= 11 is 0. The Morgan fingerprint density at radius 1 is 1.35 bits per heavy atom. The van der Waals surface area contributed by atoms with E-state index in [4.69, 9.17) is 9.29 Å². The lowest BCUT2D eigenvalue weighted by atomic mass is 10.2. The first-order valence-corrected chi connectivity index (χ1v) is 6.49. The van der Waals surface area contributed by atoms with E-state index in [0.717, 1.165) is 0 Å². The molecule has 17 heavy (non-hydrogen) atoms. The highest BCUT2D eigenvalue weighted by molar-refractivity contribution is 7.86. The third-order valence-electron chi connectivity index (χ3n) is 1.54. The molecule has 100 valence electrons. The van der Waals surface area contributed by atoms with E-state index in [1.807, 2.05) is 0 Å². The van der Waals surface area contributed by atoms with Crippen molar-refractivity contribution in [1.82, 2.24) is 5.32 Å². The molecule has 8 heteroatoms. The molecule has 0 saturated carbocycles. The third kappa shape index (κ3) is 8.64. The van der Waals surface area contributed by atoms with Crippen LogP contribution in [-0.2, 0) is 19.6 Å². The topological polar surface area (TPSA) is 110 Å². The van der Waals surface area contributed by atoms with Gasteiger partial charge in [-0.15, -0.1) is 0 Å². The van der Waals surface area contributed by atoms with Crippen molar-refractivity contribution in [1.29, 1.82) is 0 Å². The Hall–Kier alpha value is -1.15. The van der Waals surface area contributed by atoms with Crippen LogP contribution in [0.25, 0.3) is 0 Å². The highest BCUT2D eigenvalue weighted by Gasteiger charge is 2.23. The van der Waals surface area contributed by atoms with Crippen molar-refractivity contribution < 1.29 is 27.3 Å². The van der Waals surface area contributed by atoms with Crippen molar-refractivity contribution >= 4 is 22.0 Å². The predicted octanol–water partition coefficient (Wildman–Crippen LogP) is 0.357. The van der Waals surface area contributed by atoms with E-state index >= 15 is 0 Å². The number of alkyl carbamates (subject to hydrolysis) is 1. The summed E-state index contributed by atoms with van der Waals surface area (Å²) in [5.41, 5.74) is -0.712. The van der Waals surface area contributed by atoms with Crippen LogP contribution in [0.2, 0.25) is 0 Å². The number of hydrogen-bond donors (Lipinski definition) is 2. The molecule has 2 N–H and O–H groups in total. The molecule has 0 saturated heterocycles. The molecule has 0 aliphatic heterocycles. The van der Waals surface area contributed by atoms with Crippen molar-refractivity contribution in [3.63, 3.8) is 0 Å². The molecule has 0 aliphatic carbocycles. The molecule has 1 atom stereocenters. The first-order valence-electron chi connectivity index (χ1n) is 4.88. The molecule has 0 rings (SSSR count). The van der Waals surface area contributed by atoms with Gasteiger partial charge in [0.25, 0.3) is 10.1 Å². The number of hydrogen-bond acceptors (Lipinski definition) is 5. The van der Waals surface area contributed by atoms with Crippen LogP contribution < -0.4 is 5.32 Å². The molecule has 0 spiro atoms. The minimum absolute atomic E-state index is 0.712. The van der Waals surface area contributed by atoms with E-state index in [1.54, 1.807) is 20.8 Å². The summed E-state index contributed by atoms with van der Waals surface area (Å²) in [6.07, 6.45) is -0.825. The third-order valence-corrected chi connectivity index (χ3v) is 2.19. The number of carbonyl (C=O) groups excluding carboxylic acids is 2. The lowest BCUT2D eigenvalue weighted by Crippen LogP contribution is -2.43. The first kappa shape index (κ1) is 15.9. The number of ether oxygens (including phenoxy) is 1. The number of amides is 1. The van der Waals surface area contributed by atoms with Crippen LogP contribution >= 0.6 is 0 Å². The predicted molar refractivity (Wildman–Crippen MR) is 60.3 cm³/mol. The zero-order valence-corrected chi connectivity index (χ0v) is 11.0. The summed E-state index contributed by atoms with van der Waals surface area (Å²) in [5, 5.41) is 2.17. The summed E-state index contributed by atoms with van der Waals surface area (Å²) < 4.78 is 34.2. The van der Waals surface area contributed by atoms with Crippen LogP contribution in [0.4, 0.5) is 4.79 Å². The fraction of sp³-hybridized carbons (Fsp3) is 0.778. The van der Waals surface area contributed by atoms with Crippen molar-refractivity contribution in [3.8, 4) is 0 Å². The average molecular weight is 267 g/mol. The highest BCUT2D eigenvalue weighted by Crippen LogP contribution is 2.06. The molecule has 0 aromatic carbocycles. The lowest BCUT2D eigenvalue weighted by Gasteiger charge is -2.21. The van der Waals surface area contributed by atoms with Gasteiger partial charge in [-0.25, -0.2) is 4.79 Å². The quantitative estimate of drug-likeness (QED) is 0.711. The minimum Gasteiger partial charge on any atom is -0.444 e. The number of rotatable bonds is 4. The Morgan fingerprint density at radius 2 is 1.82 bits per heavy atom. The number of Topliss-reactive ketones (excluding diaryl/α,β-unsaturated/α-hetero) is 1. The Morgan fingerprint density at radius 3 is 2.18 bits per heavy atom. The minimum atomic E-state index is -4.38. The maximum Gasteiger partial charge on any atom is 0.408 e. The number of carbonyl (C=O) groups is 2. The van der Waals surface area contributed by atoms with Crippen molar-refractivity contribution in [2.75, 3.05) is 5.75 Å². The van der Waals surface area contributed by atoms with Gasteiger partial charge in [-0.1, -0.05) is 0 Å². The van der Waals surface area contributed by atoms with E-state index in [0.29, 0.717) is 0 Å². The van der Waals surface area contributed by atoms with E-state index < -0.39 is 39.4 Å². The lowest BCUT2D eigenvalue weighted by molar-refractivity contribution is -0.118. The van der Waals surface area contributed by atoms with Gasteiger partial charge in [-0.05, 0) is 27.7 Å². The molecular formula is C9H17NO6S. The van der Waals surface area contributed by atoms with Gasteiger partial charge in [0.15, 0.2) is 5.78 Å². The second kappa shape index (κ2) is 5.46. The van der Waals surface area contributed by atoms with Crippen molar-refractivity contribution in [2.45, 2.75) is 39.3 Å². The van der Waals surface area contributed by atoms with Crippen LogP contribution in [0.3, 0.4) is 0 Å². The van der Waals surface area contributed by atoms with Crippen molar-refractivity contribution in [3.05, 3.63) is 0 Å². The summed E-state index contributed by atoms with van der Waals surface area (Å²) in [7, 11) is -4.38. The van der Waals surface area contributed by atoms with Gasteiger partial charge in [0.2, 0.25) is 0 Å². The largest absolute Gasteiger partial charge is 0.444 e. The molecule has 0 fully saturated rings. The van der Waals surface area contributed by atoms with Gasteiger partial charge >= 0.3 is 6.09 Å². The van der Waals surface area contributed by atoms with Gasteiger partial charge < -0.3 is 10.1 Å². The van der Waals surface area contributed by atoms with Gasteiger partial charge in [-0.2, -0.15) is 8.42 Å². The Balaban J connectivity index is 4.32. The summed E-state index contributed by atoms with van der Waals surface area (Å²) in [6.45, 7) is 6.25. The maximum atomic E-state index is 11.3. The molecule has 1 amide bonds. The SMILES string of the molecule is C[C@H](NC(=O)OC(C)(C)C)C(=O)CS(=O)(=O)O. The fourth-order valence-electron chi connectivity index (χ4n) is 0.870. The molecule has 0 aromatic heterocycles. The molecule has 0 bridgehead atoms.